The lowest BCUT2D eigenvalue weighted by molar-refractivity contribution is 1.11. The highest BCUT2D eigenvalue weighted by Crippen LogP contribution is 2.19. The summed E-state index contributed by atoms with van der Waals surface area (Å²) in [5.74, 6) is 0.552. The molecule has 4 rings (SSSR count). The van der Waals surface area contributed by atoms with Crippen molar-refractivity contribution in [3.63, 3.8) is 0 Å². The molecule has 0 spiro atoms. The van der Waals surface area contributed by atoms with Gasteiger partial charge in [-0.1, -0.05) is 18.2 Å². The van der Waals surface area contributed by atoms with Gasteiger partial charge in [0.15, 0.2) is 5.82 Å². The molecule has 0 unspecified atom stereocenters. The Morgan fingerprint density at radius 3 is 3.00 bits per heavy atom. The molecule has 0 fully saturated rings. The van der Waals surface area contributed by atoms with E-state index in [-0.39, 0.29) is 0 Å². The first-order valence-electron chi connectivity index (χ1n) is 6.69. The summed E-state index contributed by atoms with van der Waals surface area (Å²) in [6.45, 7) is 0. The van der Waals surface area contributed by atoms with Crippen LogP contribution in [0.3, 0.4) is 0 Å². The van der Waals surface area contributed by atoms with Crippen LogP contribution in [0.5, 0.6) is 0 Å². The van der Waals surface area contributed by atoms with Gasteiger partial charge in [-0.05, 0) is 18.2 Å². The van der Waals surface area contributed by atoms with Crippen LogP contribution in [0.4, 0.5) is 5.82 Å². The van der Waals surface area contributed by atoms with Gasteiger partial charge in [0.2, 0.25) is 5.65 Å². The van der Waals surface area contributed by atoms with Crippen molar-refractivity contribution in [1.82, 2.24) is 24.6 Å². The molecule has 0 saturated heterocycles. The first-order chi connectivity index (χ1) is 10.9. The van der Waals surface area contributed by atoms with E-state index < -0.39 is 0 Å². The van der Waals surface area contributed by atoms with Crippen LogP contribution in [-0.2, 0) is 0 Å². The Labute approximate surface area is 125 Å². The van der Waals surface area contributed by atoms with E-state index in [4.69, 9.17) is 0 Å². The Morgan fingerprint density at radius 2 is 2.09 bits per heavy atom. The van der Waals surface area contributed by atoms with Crippen molar-refractivity contribution in [3.8, 4) is 0 Å². The predicted octanol–water partition coefficient (Wildman–Crippen LogP) is 2.12. The minimum absolute atomic E-state index is 0.552. The Morgan fingerprint density at radius 1 is 1.14 bits per heavy atom. The van der Waals surface area contributed by atoms with Crippen LogP contribution in [0, 0.1) is 0 Å². The Bertz CT molecular complexity index is 959. The second-order valence-electron chi connectivity index (χ2n) is 4.63. The summed E-state index contributed by atoms with van der Waals surface area (Å²) >= 11 is 0. The van der Waals surface area contributed by atoms with Crippen LogP contribution in [0.15, 0.2) is 60.2 Å². The topological polar surface area (TPSA) is 80.4 Å². The van der Waals surface area contributed by atoms with Crippen molar-refractivity contribution < 1.29 is 0 Å². The molecule has 0 saturated carbocycles. The zero-order valence-electron chi connectivity index (χ0n) is 11.5. The van der Waals surface area contributed by atoms with Gasteiger partial charge in [0.25, 0.3) is 0 Å². The van der Waals surface area contributed by atoms with Crippen molar-refractivity contribution >= 4 is 28.7 Å². The number of para-hydroxylation sites is 2. The molecule has 106 valence electrons. The van der Waals surface area contributed by atoms with E-state index in [9.17, 15) is 0 Å². The molecule has 0 aliphatic heterocycles. The fourth-order valence-corrected chi connectivity index (χ4v) is 2.20. The molecule has 1 aromatic carbocycles. The smallest absolute Gasteiger partial charge is 0.205 e. The number of fused-ring (bicyclic) bond motifs is 3. The van der Waals surface area contributed by atoms with Crippen molar-refractivity contribution in [1.29, 1.82) is 0 Å². The van der Waals surface area contributed by atoms with Crippen LogP contribution in [0.25, 0.3) is 16.7 Å². The number of nitrogens with one attached hydrogen (secondary N) is 1. The van der Waals surface area contributed by atoms with Gasteiger partial charge in [-0.3, -0.25) is 14.8 Å². The minimum Gasteiger partial charge on any atom is -0.277 e. The van der Waals surface area contributed by atoms with Crippen LogP contribution in [0.2, 0.25) is 0 Å². The number of hydrogen-bond acceptors (Lipinski definition) is 6. The number of pyridine rings is 1. The molecular weight excluding hydrogens is 278 g/mol. The third kappa shape index (κ3) is 2.14. The number of rotatable bonds is 3. The number of hydrazone groups is 1. The molecule has 0 radical (unpaired) electrons. The lowest BCUT2D eigenvalue weighted by Gasteiger charge is -2.05. The zero-order valence-corrected chi connectivity index (χ0v) is 11.5. The summed E-state index contributed by atoms with van der Waals surface area (Å²) < 4.78 is 1.88. The normalized spacial score (nSPS) is 11.5. The van der Waals surface area contributed by atoms with Crippen LogP contribution in [0.1, 0.15) is 5.56 Å². The molecule has 0 atom stereocenters. The van der Waals surface area contributed by atoms with Gasteiger partial charge in [0, 0.05) is 18.0 Å². The largest absolute Gasteiger partial charge is 0.277 e. The summed E-state index contributed by atoms with van der Waals surface area (Å²) in [5.41, 5.74) is 6.24. The van der Waals surface area contributed by atoms with E-state index in [1.807, 2.05) is 40.8 Å². The quantitative estimate of drug-likeness (QED) is 0.461. The summed E-state index contributed by atoms with van der Waals surface area (Å²) in [7, 11) is 0. The third-order valence-corrected chi connectivity index (χ3v) is 3.20. The maximum Gasteiger partial charge on any atom is 0.205 e. The van der Waals surface area contributed by atoms with E-state index >= 15 is 0 Å². The number of anilines is 1. The van der Waals surface area contributed by atoms with E-state index in [1.165, 1.54) is 0 Å². The summed E-state index contributed by atoms with van der Waals surface area (Å²) in [5, 5.41) is 12.2. The Kier molecular flexibility index (Phi) is 2.93. The molecule has 4 aromatic rings. The van der Waals surface area contributed by atoms with Gasteiger partial charge in [-0.15, -0.1) is 10.2 Å². The van der Waals surface area contributed by atoms with Gasteiger partial charge in [0.1, 0.15) is 6.33 Å². The minimum atomic E-state index is 0.552. The number of benzene rings is 1. The highest BCUT2D eigenvalue weighted by atomic mass is 15.3. The van der Waals surface area contributed by atoms with Crippen molar-refractivity contribution in [2.45, 2.75) is 0 Å². The monoisotopic (exact) mass is 289 g/mol. The molecule has 3 aromatic heterocycles. The average Bonchev–Trinajstić information content (AvgIpc) is 3.06. The maximum absolute atomic E-state index is 4.54. The SMILES string of the molecule is C(=N/Nc1nc2ccccc2n2cnnc12)/c1cccnc1. The highest BCUT2D eigenvalue weighted by Gasteiger charge is 2.08. The Balaban J connectivity index is 1.74. The summed E-state index contributed by atoms with van der Waals surface area (Å²) in [4.78, 5) is 8.57. The van der Waals surface area contributed by atoms with Gasteiger partial charge in [-0.25, -0.2) is 4.98 Å². The van der Waals surface area contributed by atoms with Crippen LogP contribution < -0.4 is 5.43 Å². The molecule has 3 heterocycles. The van der Waals surface area contributed by atoms with E-state index in [0.717, 1.165) is 16.6 Å². The first-order valence-corrected chi connectivity index (χ1v) is 6.69. The van der Waals surface area contributed by atoms with Crippen LogP contribution in [-0.4, -0.2) is 30.8 Å². The molecule has 1 N–H and O–H groups in total. The van der Waals surface area contributed by atoms with Gasteiger partial charge in [-0.2, -0.15) is 5.10 Å². The van der Waals surface area contributed by atoms with Crippen molar-refractivity contribution in [2.24, 2.45) is 5.10 Å². The fourth-order valence-electron chi connectivity index (χ4n) is 2.20. The van der Waals surface area contributed by atoms with E-state index in [2.05, 4.69) is 30.7 Å². The van der Waals surface area contributed by atoms with E-state index in [1.54, 1.807) is 24.9 Å². The van der Waals surface area contributed by atoms with Crippen molar-refractivity contribution in [3.05, 3.63) is 60.7 Å². The number of hydrogen-bond donors (Lipinski definition) is 1. The lowest BCUT2D eigenvalue weighted by Crippen LogP contribution is -1.99. The highest BCUT2D eigenvalue weighted by molar-refractivity contribution is 5.83. The zero-order chi connectivity index (χ0) is 14.8. The summed E-state index contributed by atoms with van der Waals surface area (Å²) in [6, 6.07) is 11.6. The molecule has 0 bridgehead atoms. The van der Waals surface area contributed by atoms with Crippen molar-refractivity contribution in [2.75, 3.05) is 5.43 Å². The molecule has 7 heteroatoms. The second-order valence-corrected chi connectivity index (χ2v) is 4.63. The number of nitrogens with zero attached hydrogens (tertiary/aromatic N) is 6. The molecular formula is C15H11N7. The van der Waals surface area contributed by atoms with Gasteiger partial charge in [0.05, 0.1) is 17.2 Å². The molecule has 0 amide bonds. The van der Waals surface area contributed by atoms with Gasteiger partial charge >= 0.3 is 0 Å². The second kappa shape index (κ2) is 5.21. The molecule has 0 aliphatic rings. The first kappa shape index (κ1) is 12.4. The predicted molar refractivity (Wildman–Crippen MR) is 83.7 cm³/mol. The van der Waals surface area contributed by atoms with Gasteiger partial charge < -0.3 is 0 Å². The molecule has 0 aliphatic carbocycles. The van der Waals surface area contributed by atoms with E-state index in [0.29, 0.717) is 11.5 Å². The molecule has 7 nitrogen and oxygen atoms in total. The maximum atomic E-state index is 4.54. The lowest BCUT2D eigenvalue weighted by atomic mass is 10.3. The third-order valence-electron chi connectivity index (χ3n) is 3.20. The van der Waals surface area contributed by atoms with Crippen LogP contribution >= 0.6 is 0 Å². The average molecular weight is 289 g/mol. The molecule has 22 heavy (non-hydrogen) atoms. The number of aromatic nitrogens is 5. The standard InChI is InChI=1S/C15H11N7/c1-2-6-13-12(5-1)19-14(15-21-18-10-22(13)15)20-17-9-11-4-3-7-16-8-11/h1-10H,(H,19,20)/b17-9-. The Hall–Kier alpha value is -3.35. The summed E-state index contributed by atoms with van der Waals surface area (Å²) in [6.07, 6.45) is 6.78. The fraction of sp³-hybridized carbons (Fsp3) is 0.